The lowest BCUT2D eigenvalue weighted by atomic mass is 9.95. The third-order valence-corrected chi connectivity index (χ3v) is 3.29. The first kappa shape index (κ1) is 13.5. The average Bonchev–Trinajstić information content (AvgIpc) is 2.68. The number of hydrogen-bond donors (Lipinski definition) is 3. The summed E-state index contributed by atoms with van der Waals surface area (Å²) in [4.78, 5) is 11.0. The van der Waals surface area contributed by atoms with Gasteiger partial charge in [0.15, 0.2) is 5.60 Å². The Labute approximate surface area is 112 Å². The number of carbonyl (C=O) groups is 1. The first-order valence-corrected chi connectivity index (χ1v) is 6.32. The van der Waals surface area contributed by atoms with Crippen molar-refractivity contribution in [3.05, 3.63) is 29.3 Å². The molecule has 1 atom stereocenters. The molecule has 0 saturated heterocycles. The van der Waals surface area contributed by atoms with Crippen LogP contribution in [0.15, 0.2) is 18.2 Å². The third kappa shape index (κ3) is 2.46. The molecule has 0 fully saturated rings. The summed E-state index contributed by atoms with van der Waals surface area (Å²) in [5.41, 5.74) is 1.01. The van der Waals surface area contributed by atoms with Crippen LogP contribution in [0.4, 0.5) is 5.69 Å². The standard InChI is InChI=1S/C14H18N2O3/c1-3-19-13(15)14(18)7-6-10-8-11(16-9(2)17)4-5-12(10)14/h4-5,8,15,18H,3,6-7H2,1-2H3,(H,16,17). The van der Waals surface area contributed by atoms with Crippen LogP contribution >= 0.6 is 0 Å². The zero-order chi connectivity index (χ0) is 14.0. The molecule has 0 saturated carbocycles. The Kier molecular flexibility index (Phi) is 3.57. The number of anilines is 1. The molecule has 1 unspecified atom stereocenters. The fraction of sp³-hybridized carbons (Fsp3) is 0.429. The molecule has 0 aromatic heterocycles. The van der Waals surface area contributed by atoms with Crippen molar-refractivity contribution < 1.29 is 14.6 Å². The van der Waals surface area contributed by atoms with E-state index in [9.17, 15) is 9.90 Å². The summed E-state index contributed by atoms with van der Waals surface area (Å²) in [5, 5.41) is 21.1. The van der Waals surface area contributed by atoms with Gasteiger partial charge in [-0.25, -0.2) is 0 Å². The van der Waals surface area contributed by atoms with Crippen LogP contribution in [0.5, 0.6) is 0 Å². The first-order valence-electron chi connectivity index (χ1n) is 6.32. The number of carbonyl (C=O) groups excluding carboxylic acids is 1. The molecular formula is C14H18N2O3. The second-order valence-corrected chi connectivity index (χ2v) is 4.68. The number of benzene rings is 1. The highest BCUT2D eigenvalue weighted by molar-refractivity contribution is 5.89. The summed E-state index contributed by atoms with van der Waals surface area (Å²) in [6, 6.07) is 5.32. The maximum Gasteiger partial charge on any atom is 0.221 e. The molecule has 19 heavy (non-hydrogen) atoms. The van der Waals surface area contributed by atoms with E-state index < -0.39 is 5.60 Å². The van der Waals surface area contributed by atoms with Crippen LogP contribution in [-0.4, -0.2) is 23.5 Å². The van der Waals surface area contributed by atoms with Crippen molar-refractivity contribution in [2.45, 2.75) is 32.3 Å². The molecule has 0 spiro atoms. The Morgan fingerprint density at radius 1 is 1.58 bits per heavy atom. The number of aryl methyl sites for hydroxylation is 1. The highest BCUT2D eigenvalue weighted by atomic mass is 16.5. The van der Waals surface area contributed by atoms with Crippen LogP contribution in [-0.2, 0) is 21.6 Å². The quantitative estimate of drug-likeness (QED) is 0.573. The van der Waals surface area contributed by atoms with Gasteiger partial charge in [-0.05, 0) is 43.0 Å². The van der Waals surface area contributed by atoms with Crippen LogP contribution in [0, 0.1) is 5.41 Å². The molecule has 0 aliphatic heterocycles. The monoisotopic (exact) mass is 262 g/mol. The Balaban J connectivity index is 2.31. The largest absolute Gasteiger partial charge is 0.479 e. The number of amides is 1. The molecular weight excluding hydrogens is 244 g/mol. The van der Waals surface area contributed by atoms with Gasteiger partial charge in [-0.2, -0.15) is 0 Å². The van der Waals surface area contributed by atoms with E-state index in [1.165, 1.54) is 6.92 Å². The van der Waals surface area contributed by atoms with E-state index in [-0.39, 0.29) is 11.8 Å². The van der Waals surface area contributed by atoms with E-state index in [2.05, 4.69) is 5.32 Å². The Bertz CT molecular complexity index is 527. The van der Waals surface area contributed by atoms with Gasteiger partial charge in [-0.15, -0.1) is 0 Å². The fourth-order valence-electron chi connectivity index (χ4n) is 2.43. The molecule has 1 aromatic rings. The minimum atomic E-state index is -1.33. The molecule has 3 N–H and O–H groups in total. The molecule has 1 aliphatic rings. The highest BCUT2D eigenvalue weighted by Gasteiger charge is 2.42. The lowest BCUT2D eigenvalue weighted by Crippen LogP contribution is -2.34. The lowest BCUT2D eigenvalue weighted by molar-refractivity contribution is -0.114. The van der Waals surface area contributed by atoms with Gasteiger partial charge in [0.25, 0.3) is 0 Å². The van der Waals surface area contributed by atoms with E-state index in [1.807, 2.05) is 6.07 Å². The van der Waals surface area contributed by atoms with Crippen molar-refractivity contribution in [3.8, 4) is 0 Å². The van der Waals surface area contributed by atoms with Gasteiger partial charge in [0.2, 0.25) is 11.8 Å². The van der Waals surface area contributed by atoms with Crippen LogP contribution < -0.4 is 5.32 Å². The highest BCUT2D eigenvalue weighted by Crippen LogP contribution is 2.39. The molecule has 1 aromatic carbocycles. The Morgan fingerprint density at radius 3 is 2.95 bits per heavy atom. The number of nitrogens with one attached hydrogen (secondary N) is 2. The summed E-state index contributed by atoms with van der Waals surface area (Å²) in [6.07, 6.45) is 1.10. The summed E-state index contributed by atoms with van der Waals surface area (Å²) < 4.78 is 5.14. The first-order chi connectivity index (χ1) is 8.97. The summed E-state index contributed by atoms with van der Waals surface area (Å²) >= 11 is 0. The van der Waals surface area contributed by atoms with Gasteiger partial charge in [0.1, 0.15) is 0 Å². The van der Waals surface area contributed by atoms with E-state index in [0.29, 0.717) is 30.7 Å². The molecule has 5 nitrogen and oxygen atoms in total. The maximum absolute atomic E-state index is 11.0. The Morgan fingerprint density at radius 2 is 2.32 bits per heavy atom. The van der Waals surface area contributed by atoms with Crippen molar-refractivity contribution in [2.75, 3.05) is 11.9 Å². The number of fused-ring (bicyclic) bond motifs is 1. The maximum atomic E-state index is 11.0. The fourth-order valence-corrected chi connectivity index (χ4v) is 2.43. The smallest absolute Gasteiger partial charge is 0.221 e. The number of rotatable bonds is 3. The number of aliphatic hydroxyl groups is 1. The second-order valence-electron chi connectivity index (χ2n) is 4.68. The van der Waals surface area contributed by atoms with Crippen molar-refractivity contribution in [3.63, 3.8) is 0 Å². The summed E-state index contributed by atoms with van der Waals surface area (Å²) in [7, 11) is 0. The molecule has 1 aliphatic carbocycles. The van der Waals surface area contributed by atoms with E-state index in [4.69, 9.17) is 10.1 Å². The molecule has 0 radical (unpaired) electrons. The zero-order valence-corrected chi connectivity index (χ0v) is 11.1. The van der Waals surface area contributed by atoms with Crippen molar-refractivity contribution in [1.29, 1.82) is 5.41 Å². The predicted molar refractivity (Wildman–Crippen MR) is 72.3 cm³/mol. The minimum absolute atomic E-state index is 0.110. The van der Waals surface area contributed by atoms with Gasteiger partial charge < -0.3 is 15.2 Å². The Hall–Kier alpha value is -1.88. The number of hydrogen-bond acceptors (Lipinski definition) is 4. The summed E-state index contributed by atoms with van der Waals surface area (Å²) in [6.45, 7) is 3.60. The predicted octanol–water partition coefficient (Wildman–Crippen LogP) is 1.79. The normalized spacial score (nSPS) is 20.8. The van der Waals surface area contributed by atoms with Crippen molar-refractivity contribution in [1.82, 2.24) is 0 Å². The van der Waals surface area contributed by atoms with Crippen molar-refractivity contribution in [2.24, 2.45) is 0 Å². The molecule has 0 bridgehead atoms. The zero-order valence-electron chi connectivity index (χ0n) is 11.1. The lowest BCUT2D eigenvalue weighted by Gasteiger charge is -2.24. The SMILES string of the molecule is CCOC(=N)C1(O)CCc2cc(NC(C)=O)ccc21. The second kappa shape index (κ2) is 5.01. The van der Waals surface area contributed by atoms with Crippen LogP contribution in [0.25, 0.3) is 0 Å². The van der Waals surface area contributed by atoms with Gasteiger partial charge in [-0.3, -0.25) is 10.2 Å². The van der Waals surface area contributed by atoms with E-state index in [1.54, 1.807) is 19.1 Å². The van der Waals surface area contributed by atoms with Crippen LogP contribution in [0.2, 0.25) is 0 Å². The van der Waals surface area contributed by atoms with E-state index >= 15 is 0 Å². The topological polar surface area (TPSA) is 82.4 Å². The van der Waals surface area contributed by atoms with Crippen molar-refractivity contribution >= 4 is 17.5 Å². The molecule has 2 rings (SSSR count). The third-order valence-electron chi connectivity index (χ3n) is 3.29. The van der Waals surface area contributed by atoms with E-state index in [0.717, 1.165) is 5.56 Å². The van der Waals surface area contributed by atoms with Crippen LogP contribution in [0.1, 0.15) is 31.4 Å². The number of ether oxygens (including phenoxy) is 1. The van der Waals surface area contributed by atoms with Gasteiger partial charge >= 0.3 is 0 Å². The van der Waals surface area contributed by atoms with Gasteiger partial charge in [0, 0.05) is 12.6 Å². The van der Waals surface area contributed by atoms with Gasteiger partial charge in [0.05, 0.1) is 6.61 Å². The molecule has 5 heteroatoms. The average molecular weight is 262 g/mol. The van der Waals surface area contributed by atoms with Gasteiger partial charge in [-0.1, -0.05) is 6.07 Å². The summed E-state index contributed by atoms with van der Waals surface area (Å²) in [5.74, 6) is -0.240. The van der Waals surface area contributed by atoms with Crippen LogP contribution in [0.3, 0.4) is 0 Å². The molecule has 1 amide bonds. The molecule has 0 heterocycles. The minimum Gasteiger partial charge on any atom is -0.479 e. The molecule has 102 valence electrons.